The maximum absolute atomic E-state index is 9.95. The van der Waals surface area contributed by atoms with E-state index >= 15 is 0 Å². The van der Waals surface area contributed by atoms with E-state index in [0.717, 1.165) is 75.0 Å². The second-order valence-corrected chi connectivity index (χ2v) is 13.8. The van der Waals surface area contributed by atoms with Gasteiger partial charge in [-0.25, -0.2) is 9.97 Å². The lowest BCUT2D eigenvalue weighted by Gasteiger charge is -2.11. The molecule has 0 fully saturated rings. The van der Waals surface area contributed by atoms with Crippen molar-refractivity contribution < 1.29 is 19.9 Å². The second-order valence-electron chi connectivity index (χ2n) is 11.7. The molecule has 0 spiro atoms. The van der Waals surface area contributed by atoms with Gasteiger partial charge in [-0.05, 0) is 55.6 Å². The number of fused-ring (bicyclic) bond motifs is 2. The average molecular weight is 858 g/mol. The summed E-state index contributed by atoms with van der Waals surface area (Å²) in [7, 11) is 1.76. The summed E-state index contributed by atoms with van der Waals surface area (Å²) in [5.74, 6) is 2.22. The Morgan fingerprint density at radius 3 is 1.58 bits per heavy atom. The van der Waals surface area contributed by atoms with Gasteiger partial charge in [0.1, 0.15) is 17.8 Å². The van der Waals surface area contributed by atoms with Crippen molar-refractivity contribution in [3.05, 3.63) is 147 Å². The lowest BCUT2D eigenvalue weighted by molar-refractivity contribution is -0.903. The van der Waals surface area contributed by atoms with Crippen LogP contribution in [0.2, 0.25) is 5.15 Å². The fraction of sp³-hybridized carbons (Fsp3) is 0.0811. The molecule has 8 rings (SSSR count). The molecule has 0 saturated heterocycles. The normalized spacial score (nSPS) is 10.9. The first-order chi connectivity index (χ1) is 25.8. The van der Waals surface area contributed by atoms with Crippen molar-refractivity contribution >= 4 is 72.2 Å². The molecule has 5 N–H and O–H groups in total. The Hall–Kier alpha value is -5.77. The van der Waals surface area contributed by atoms with Gasteiger partial charge < -0.3 is 15.8 Å². The van der Waals surface area contributed by atoms with Crippen LogP contribution in [-0.4, -0.2) is 46.7 Å². The van der Waals surface area contributed by atoms with Gasteiger partial charge in [0, 0.05) is 64.3 Å². The highest BCUT2D eigenvalue weighted by Crippen LogP contribution is 2.27. The van der Waals surface area contributed by atoms with Crippen molar-refractivity contribution in [1.29, 1.82) is 0 Å². The quantitative estimate of drug-likeness (QED) is 0.0575. The first kappa shape index (κ1) is 35.6. The zero-order valence-electron chi connectivity index (χ0n) is 28.1. The molecule has 0 aliphatic rings. The lowest BCUT2D eigenvalue weighted by atomic mass is 10.1. The molecule has 0 bridgehead atoms. The van der Waals surface area contributed by atoms with E-state index in [4.69, 9.17) is 21.6 Å². The zero-order chi connectivity index (χ0) is 36.9. The van der Waals surface area contributed by atoms with E-state index in [1.165, 1.54) is 0 Å². The molecular weight excluding hydrogens is 826 g/mol. The molecule has 0 aliphatic carbocycles. The van der Waals surface area contributed by atoms with Crippen LogP contribution in [0, 0.1) is 0 Å². The number of anilines is 3. The minimum atomic E-state index is 0.252. The fourth-order valence-corrected chi connectivity index (χ4v) is 6.28. The smallest absolute Gasteiger partial charge is 0.325 e. The third-order valence-corrected chi connectivity index (χ3v) is 9.55. The number of nitrogens with zero attached hydrogens (tertiary/aromatic N) is 8. The Morgan fingerprint density at radius 2 is 1.13 bits per heavy atom. The first-order valence-electron chi connectivity index (χ1n) is 16.3. The topological polar surface area (TPSA) is 145 Å². The molecule has 0 unspecified atom stereocenters. The molecule has 53 heavy (non-hydrogen) atoms. The molecule has 6 heterocycles. The number of rotatable bonds is 9. The van der Waals surface area contributed by atoms with E-state index in [2.05, 4.69) is 58.0 Å². The predicted octanol–water partition coefficient (Wildman–Crippen LogP) is 7.29. The van der Waals surface area contributed by atoms with E-state index in [-0.39, 0.29) is 5.15 Å². The van der Waals surface area contributed by atoms with E-state index < -0.39 is 0 Å². The Kier molecular flexibility index (Phi) is 10.7. The van der Waals surface area contributed by atoms with Crippen LogP contribution in [0.5, 0.6) is 0 Å². The van der Waals surface area contributed by atoms with Gasteiger partial charge in [-0.1, -0.05) is 65.4 Å². The third kappa shape index (κ3) is 8.01. The second kappa shape index (κ2) is 15.9. The molecule has 266 valence electrons. The van der Waals surface area contributed by atoms with Crippen molar-refractivity contribution in [2.24, 2.45) is 0 Å². The Balaban J connectivity index is 0.000000164. The minimum absolute atomic E-state index is 0.252. The predicted molar refractivity (Wildman–Crippen MR) is 209 cm³/mol. The third-order valence-electron chi connectivity index (χ3n) is 8.13. The van der Waals surface area contributed by atoms with Gasteiger partial charge >= 0.3 is 11.0 Å². The Morgan fingerprint density at radius 1 is 0.660 bits per heavy atom. The Bertz CT molecular complexity index is 2530. The highest BCUT2D eigenvalue weighted by molar-refractivity contribution is 9.11. The van der Waals surface area contributed by atoms with Crippen LogP contribution < -0.4 is 25.4 Å². The summed E-state index contributed by atoms with van der Waals surface area (Å²) in [6.07, 6.45) is 6.66. The highest BCUT2D eigenvalue weighted by atomic mass is 79.9. The summed E-state index contributed by atoms with van der Waals surface area (Å²) >= 11 is 12.8. The first-order valence-corrected chi connectivity index (χ1v) is 18.2. The van der Waals surface area contributed by atoms with Gasteiger partial charge in [0.15, 0.2) is 11.3 Å². The molecule has 2 aromatic carbocycles. The monoisotopic (exact) mass is 855 g/mol. The van der Waals surface area contributed by atoms with Crippen LogP contribution in [0.15, 0.2) is 131 Å². The Labute approximate surface area is 325 Å². The average Bonchev–Trinajstić information content (AvgIpc) is 3.76. The molecule has 16 heteroatoms. The summed E-state index contributed by atoms with van der Waals surface area (Å²) < 4.78 is 7.10. The highest BCUT2D eigenvalue weighted by Gasteiger charge is 2.15. The molecule has 0 aliphatic heterocycles. The number of hydrogen-bond donors (Lipinski definition) is 5. The molecular formula is C37H32Br2ClN11O2+2. The summed E-state index contributed by atoms with van der Waals surface area (Å²) in [5, 5.41) is 38.3. The lowest BCUT2D eigenvalue weighted by Crippen LogP contribution is -2.33. The van der Waals surface area contributed by atoms with Gasteiger partial charge in [-0.15, -0.1) is 0 Å². The van der Waals surface area contributed by atoms with Gasteiger partial charge in [-0.3, -0.25) is 10.5 Å². The van der Waals surface area contributed by atoms with Gasteiger partial charge in [0.2, 0.25) is 6.20 Å². The maximum atomic E-state index is 9.95. The van der Waals surface area contributed by atoms with Crippen LogP contribution in [0.1, 0.15) is 11.1 Å². The standard InChI is InChI=1S/C19H17BrN6O.C18H14BrClN5O/c1-21-17-8-7-13(12-25(17)27)10-22-18-9-16(14-5-3-2-4-6-14)24-19-15(20)11-23-26(18)19;19-14-10-22-25-17(21-9-12-6-7-16(20)24(26)11-12)8-15(23-18(14)25)13-4-2-1-3-5-13/h2-9,11-12,27H,10H2,1H3,(H,22,23,24);1-8,10-11,21,26H,9H2/q;+1/p+1. The van der Waals surface area contributed by atoms with Crippen LogP contribution in [0.25, 0.3) is 33.8 Å². The number of aromatic nitrogens is 8. The van der Waals surface area contributed by atoms with Crippen LogP contribution in [0.4, 0.5) is 17.5 Å². The minimum Gasteiger partial charge on any atom is -0.366 e. The summed E-state index contributed by atoms with van der Waals surface area (Å²) in [6, 6.07) is 31.1. The summed E-state index contributed by atoms with van der Waals surface area (Å²) in [5.41, 5.74) is 7.00. The number of halogens is 3. The molecule has 0 saturated carbocycles. The van der Waals surface area contributed by atoms with Crippen molar-refractivity contribution in [1.82, 2.24) is 29.2 Å². The van der Waals surface area contributed by atoms with Crippen molar-refractivity contribution in [2.75, 3.05) is 23.0 Å². The van der Waals surface area contributed by atoms with Crippen LogP contribution >= 0.6 is 43.5 Å². The summed E-state index contributed by atoms with van der Waals surface area (Å²) in [6.45, 7) is 1.01. The number of hydrogen-bond acceptors (Lipinski definition) is 9. The summed E-state index contributed by atoms with van der Waals surface area (Å²) in [4.78, 5) is 9.42. The SMILES string of the molecule is CNc1ccc(CNc2cc(-c3ccccc3)nc3c(Br)cnn23)c[n+]1O.O[n+]1cc(CNc2cc(-c3ccccc3)nc3c(Br)cnn23)ccc1Cl. The molecule has 6 aromatic heterocycles. The van der Waals surface area contributed by atoms with Crippen molar-refractivity contribution in [2.45, 2.75) is 13.1 Å². The van der Waals surface area contributed by atoms with E-state index in [1.54, 1.807) is 46.9 Å². The van der Waals surface area contributed by atoms with Gasteiger partial charge in [0.05, 0.1) is 39.8 Å². The van der Waals surface area contributed by atoms with Gasteiger partial charge in [-0.2, -0.15) is 19.2 Å². The van der Waals surface area contributed by atoms with Crippen LogP contribution in [-0.2, 0) is 13.1 Å². The molecule has 13 nitrogen and oxygen atoms in total. The maximum Gasteiger partial charge on any atom is 0.325 e. The van der Waals surface area contributed by atoms with E-state index in [9.17, 15) is 10.4 Å². The molecule has 0 amide bonds. The zero-order valence-corrected chi connectivity index (χ0v) is 32.0. The van der Waals surface area contributed by atoms with Crippen molar-refractivity contribution in [3.8, 4) is 22.5 Å². The molecule has 0 atom stereocenters. The molecule has 0 radical (unpaired) electrons. The van der Waals surface area contributed by atoms with E-state index in [0.29, 0.717) is 18.9 Å². The fourth-order valence-electron chi connectivity index (χ4n) is 5.48. The molecule has 8 aromatic rings. The number of pyridine rings is 2. The largest absolute Gasteiger partial charge is 0.366 e. The number of nitrogens with one attached hydrogen (secondary N) is 3. The van der Waals surface area contributed by atoms with Crippen LogP contribution in [0.3, 0.4) is 0 Å². The van der Waals surface area contributed by atoms with Crippen molar-refractivity contribution in [3.63, 3.8) is 0 Å². The van der Waals surface area contributed by atoms with E-state index in [1.807, 2.05) is 91.0 Å². The number of benzene rings is 2. The van der Waals surface area contributed by atoms with Gasteiger partial charge in [0.25, 0.3) is 0 Å².